The van der Waals surface area contributed by atoms with E-state index >= 15 is 0 Å². The molecule has 0 aliphatic carbocycles. The molecule has 5 nitrogen and oxygen atoms in total. The molecule has 0 N–H and O–H groups in total. The van der Waals surface area contributed by atoms with Crippen LogP contribution in [0.3, 0.4) is 0 Å². The summed E-state index contributed by atoms with van der Waals surface area (Å²) in [5.41, 5.74) is 0. The smallest absolute Gasteiger partial charge is 0.377 e. The van der Waals surface area contributed by atoms with Gasteiger partial charge in [-0.3, -0.25) is 0 Å². The third-order valence-corrected chi connectivity index (χ3v) is 5.58. The molecular weight excluding hydrogens is 238 g/mol. The number of aliphatic imine (C=N–C) groups is 1. The highest BCUT2D eigenvalue weighted by Gasteiger charge is 2.36. The Morgan fingerprint density at radius 1 is 0.941 bits per heavy atom. The normalized spacial score (nSPS) is 11.2. The summed E-state index contributed by atoms with van der Waals surface area (Å²) in [4.78, 5) is 13.3. The molecule has 0 spiro atoms. The maximum absolute atomic E-state index is 9.82. The molecule has 0 rings (SSSR count). The van der Waals surface area contributed by atoms with Crippen LogP contribution in [0.15, 0.2) is 4.99 Å². The average Bonchev–Trinajstić information content (AvgIpc) is 2.38. The summed E-state index contributed by atoms with van der Waals surface area (Å²) in [6, 6.07) is 0.850. The molecule has 100 valence electrons. The zero-order valence-corrected chi connectivity index (χ0v) is 12.0. The van der Waals surface area contributed by atoms with Gasteiger partial charge in [-0.15, -0.1) is 0 Å². The summed E-state index contributed by atoms with van der Waals surface area (Å²) in [6.45, 7) is 0.594. The van der Waals surface area contributed by atoms with E-state index in [0.29, 0.717) is 6.54 Å². The van der Waals surface area contributed by atoms with Crippen LogP contribution >= 0.6 is 0 Å². The van der Waals surface area contributed by atoms with Crippen LogP contribution in [0.1, 0.15) is 32.1 Å². The van der Waals surface area contributed by atoms with Gasteiger partial charge in [0.25, 0.3) is 0 Å². The van der Waals surface area contributed by atoms with Gasteiger partial charge < -0.3 is 13.3 Å². The molecule has 0 saturated heterocycles. The van der Waals surface area contributed by atoms with Crippen molar-refractivity contribution in [1.29, 1.82) is 0 Å². The molecule has 0 atom stereocenters. The molecular formula is C11H23NO4Si. The molecule has 0 fully saturated rings. The van der Waals surface area contributed by atoms with Gasteiger partial charge >= 0.3 is 8.80 Å². The van der Waals surface area contributed by atoms with Gasteiger partial charge in [0.2, 0.25) is 6.08 Å². The number of hydrogen-bond donors (Lipinski definition) is 0. The summed E-state index contributed by atoms with van der Waals surface area (Å²) in [5.74, 6) is 0. The highest BCUT2D eigenvalue weighted by molar-refractivity contribution is 6.60. The Hall–Kier alpha value is -0.523. The Labute approximate surface area is 105 Å². The largest absolute Gasteiger partial charge is 0.500 e. The molecule has 0 aromatic heterocycles. The molecule has 0 saturated carbocycles. The Morgan fingerprint density at radius 2 is 1.47 bits per heavy atom. The second kappa shape index (κ2) is 10.6. The van der Waals surface area contributed by atoms with E-state index in [0.717, 1.165) is 38.1 Å². The standard InChI is InChI=1S/C11H23NO4Si/c1-14-17(15-2,16-3)10-8-6-4-5-7-9-12-11-13/h4-10H2,1-3H3. The van der Waals surface area contributed by atoms with Crippen LogP contribution < -0.4 is 0 Å². The fraction of sp³-hybridized carbons (Fsp3) is 0.909. The summed E-state index contributed by atoms with van der Waals surface area (Å²) in [5, 5.41) is 0. The Morgan fingerprint density at radius 3 is 2.00 bits per heavy atom. The number of hydrogen-bond acceptors (Lipinski definition) is 5. The summed E-state index contributed by atoms with van der Waals surface area (Å²) in [7, 11) is 2.54. The minimum atomic E-state index is -2.37. The van der Waals surface area contributed by atoms with Crippen molar-refractivity contribution in [1.82, 2.24) is 0 Å². The van der Waals surface area contributed by atoms with E-state index < -0.39 is 8.80 Å². The number of rotatable bonds is 11. The molecule has 6 heteroatoms. The van der Waals surface area contributed by atoms with E-state index in [9.17, 15) is 4.79 Å². The van der Waals surface area contributed by atoms with Gasteiger partial charge in [-0.2, -0.15) is 0 Å². The first kappa shape index (κ1) is 16.5. The van der Waals surface area contributed by atoms with Crippen molar-refractivity contribution < 1.29 is 18.1 Å². The first-order valence-corrected chi connectivity index (χ1v) is 7.87. The molecule has 0 aliphatic rings. The van der Waals surface area contributed by atoms with Crippen molar-refractivity contribution in [2.45, 2.75) is 38.1 Å². The predicted octanol–water partition coefficient (Wildman–Crippen LogP) is 2.15. The molecule has 0 unspecified atom stereocenters. The quantitative estimate of drug-likeness (QED) is 0.247. The lowest BCUT2D eigenvalue weighted by molar-refractivity contribution is 0.122. The monoisotopic (exact) mass is 261 g/mol. The molecule has 0 aromatic rings. The second-order valence-electron chi connectivity index (χ2n) is 3.79. The van der Waals surface area contributed by atoms with Crippen molar-refractivity contribution in [2.75, 3.05) is 27.9 Å². The van der Waals surface area contributed by atoms with E-state index in [2.05, 4.69) is 4.99 Å². The van der Waals surface area contributed by atoms with E-state index in [-0.39, 0.29) is 0 Å². The molecule has 0 aromatic carbocycles. The van der Waals surface area contributed by atoms with Gasteiger partial charge in [-0.25, -0.2) is 9.79 Å². The van der Waals surface area contributed by atoms with Crippen molar-refractivity contribution in [3.8, 4) is 0 Å². The van der Waals surface area contributed by atoms with Crippen LogP contribution in [-0.4, -0.2) is 42.8 Å². The van der Waals surface area contributed by atoms with Crippen LogP contribution in [0, 0.1) is 0 Å². The SMILES string of the molecule is CO[Si](CCCCCCCN=C=O)(OC)OC. The van der Waals surface area contributed by atoms with Crippen LogP contribution in [0.4, 0.5) is 0 Å². The van der Waals surface area contributed by atoms with Gasteiger partial charge in [0.05, 0.1) is 6.54 Å². The van der Waals surface area contributed by atoms with Crippen molar-refractivity contribution in [3.63, 3.8) is 0 Å². The first-order valence-electron chi connectivity index (χ1n) is 5.93. The minimum Gasteiger partial charge on any atom is -0.377 e. The van der Waals surface area contributed by atoms with Crippen molar-refractivity contribution in [3.05, 3.63) is 0 Å². The average molecular weight is 261 g/mol. The lowest BCUT2D eigenvalue weighted by Crippen LogP contribution is -2.42. The Kier molecular flexibility index (Phi) is 10.3. The van der Waals surface area contributed by atoms with Crippen LogP contribution in [0.2, 0.25) is 6.04 Å². The topological polar surface area (TPSA) is 57.1 Å². The second-order valence-corrected chi connectivity index (χ2v) is 6.88. The summed E-state index contributed by atoms with van der Waals surface area (Å²) >= 11 is 0. The van der Waals surface area contributed by atoms with Crippen LogP contribution in [0.5, 0.6) is 0 Å². The van der Waals surface area contributed by atoms with E-state index in [1.54, 1.807) is 27.4 Å². The van der Waals surface area contributed by atoms with Gasteiger partial charge in [0, 0.05) is 27.4 Å². The molecule has 0 amide bonds. The molecule has 17 heavy (non-hydrogen) atoms. The Balaban J connectivity index is 3.52. The van der Waals surface area contributed by atoms with Gasteiger partial charge in [0.15, 0.2) is 0 Å². The van der Waals surface area contributed by atoms with E-state index in [1.165, 1.54) is 0 Å². The van der Waals surface area contributed by atoms with Crippen LogP contribution in [-0.2, 0) is 18.1 Å². The summed E-state index contributed by atoms with van der Waals surface area (Å²) in [6.07, 6.45) is 6.88. The van der Waals surface area contributed by atoms with E-state index in [1.807, 2.05) is 0 Å². The third-order valence-electron chi connectivity index (χ3n) is 2.75. The summed E-state index contributed by atoms with van der Waals surface area (Å²) < 4.78 is 16.0. The molecule has 0 radical (unpaired) electrons. The van der Waals surface area contributed by atoms with Crippen molar-refractivity contribution in [2.24, 2.45) is 4.99 Å². The minimum absolute atomic E-state index is 0.594. The maximum Gasteiger partial charge on any atom is 0.500 e. The first-order chi connectivity index (χ1) is 8.24. The number of carbonyl (C=O) groups excluding carboxylic acids is 1. The number of nitrogens with zero attached hydrogens (tertiary/aromatic N) is 1. The lowest BCUT2D eigenvalue weighted by Gasteiger charge is -2.24. The zero-order valence-electron chi connectivity index (χ0n) is 11.0. The van der Waals surface area contributed by atoms with Gasteiger partial charge in [0.1, 0.15) is 0 Å². The maximum atomic E-state index is 9.82. The van der Waals surface area contributed by atoms with Gasteiger partial charge in [-0.1, -0.05) is 19.3 Å². The fourth-order valence-corrected chi connectivity index (χ4v) is 3.46. The molecule has 0 bridgehead atoms. The number of isocyanates is 1. The zero-order chi connectivity index (χ0) is 13.0. The highest BCUT2D eigenvalue weighted by Crippen LogP contribution is 2.17. The Bertz CT molecular complexity index is 219. The predicted molar refractivity (Wildman–Crippen MR) is 67.7 cm³/mol. The van der Waals surface area contributed by atoms with Crippen molar-refractivity contribution >= 4 is 14.9 Å². The number of unbranched alkanes of at least 4 members (excludes halogenated alkanes) is 4. The third kappa shape index (κ3) is 7.41. The lowest BCUT2D eigenvalue weighted by atomic mass is 10.1. The van der Waals surface area contributed by atoms with Crippen LogP contribution in [0.25, 0.3) is 0 Å². The van der Waals surface area contributed by atoms with Gasteiger partial charge in [-0.05, 0) is 12.8 Å². The molecule has 0 aliphatic heterocycles. The highest BCUT2D eigenvalue weighted by atomic mass is 28.4. The molecule has 0 heterocycles. The fourth-order valence-electron chi connectivity index (χ4n) is 1.66. The van der Waals surface area contributed by atoms with E-state index in [4.69, 9.17) is 13.3 Å².